The van der Waals surface area contributed by atoms with E-state index in [2.05, 4.69) is 0 Å². The molecule has 2 aromatic carbocycles. The van der Waals surface area contributed by atoms with E-state index in [4.69, 9.17) is 9.84 Å². The van der Waals surface area contributed by atoms with Gasteiger partial charge in [0.25, 0.3) is 0 Å². The van der Waals surface area contributed by atoms with Crippen molar-refractivity contribution in [2.45, 2.75) is 19.8 Å². The van der Waals surface area contributed by atoms with Crippen molar-refractivity contribution in [2.24, 2.45) is 16.7 Å². The third kappa shape index (κ3) is 3.52. The monoisotopic (exact) mass is 427 g/mol. The fourth-order valence-electron chi connectivity index (χ4n) is 4.31. The Bertz CT molecular complexity index is 1110. The molecule has 0 spiro atoms. The average molecular weight is 427 g/mol. The van der Waals surface area contributed by atoms with Crippen molar-refractivity contribution in [3.05, 3.63) is 71.8 Å². The predicted octanol–water partition coefficient (Wildman–Crippen LogP) is 4.89. The summed E-state index contributed by atoms with van der Waals surface area (Å²) in [6.45, 7) is 3.04. The van der Waals surface area contributed by atoms with E-state index in [1.807, 2.05) is 6.07 Å². The molecule has 1 aliphatic rings. The van der Waals surface area contributed by atoms with Crippen LogP contribution in [0.2, 0.25) is 0 Å². The van der Waals surface area contributed by atoms with Crippen LogP contribution in [0.25, 0.3) is 0 Å². The van der Waals surface area contributed by atoms with E-state index in [0.717, 1.165) is 12.1 Å². The summed E-state index contributed by atoms with van der Waals surface area (Å²) in [7, 11) is 0. The SMILES string of the molecule is CC1(C)[C@H](C=C(F)C(=O)O)[C@@]1(C(=O)O)C(C#N)c1ccc(F)c(Oc2ccccc2)c1. The number of halogens is 2. The molecule has 0 amide bonds. The summed E-state index contributed by atoms with van der Waals surface area (Å²) >= 11 is 0. The molecular weight excluding hydrogens is 408 g/mol. The highest BCUT2D eigenvalue weighted by molar-refractivity contribution is 5.87. The molecule has 3 rings (SSSR count). The molecule has 3 atom stereocenters. The zero-order chi connectivity index (χ0) is 23.0. The topological polar surface area (TPSA) is 108 Å². The van der Waals surface area contributed by atoms with Gasteiger partial charge < -0.3 is 14.9 Å². The Kier molecular flexibility index (Phi) is 5.55. The molecule has 2 aromatic rings. The Morgan fingerprint density at radius 2 is 1.84 bits per heavy atom. The molecule has 0 radical (unpaired) electrons. The summed E-state index contributed by atoms with van der Waals surface area (Å²) in [4.78, 5) is 23.2. The Labute approximate surface area is 177 Å². The zero-order valence-electron chi connectivity index (χ0n) is 16.7. The first-order valence-corrected chi connectivity index (χ1v) is 9.33. The summed E-state index contributed by atoms with van der Waals surface area (Å²) in [5, 5.41) is 28.7. The maximum atomic E-state index is 14.3. The number of aliphatic carboxylic acids is 2. The summed E-state index contributed by atoms with van der Waals surface area (Å²) in [5.41, 5.74) is -2.78. The fourth-order valence-corrected chi connectivity index (χ4v) is 4.31. The average Bonchev–Trinajstić information content (AvgIpc) is 3.21. The van der Waals surface area contributed by atoms with E-state index in [1.165, 1.54) is 26.0 Å². The first-order valence-electron chi connectivity index (χ1n) is 9.33. The Morgan fingerprint density at radius 1 is 1.19 bits per heavy atom. The summed E-state index contributed by atoms with van der Waals surface area (Å²) in [5.74, 6) is -7.65. The van der Waals surface area contributed by atoms with Gasteiger partial charge in [-0.05, 0) is 41.3 Å². The summed E-state index contributed by atoms with van der Waals surface area (Å²) in [6, 6.07) is 13.9. The quantitative estimate of drug-likeness (QED) is 0.609. The fraction of sp³-hybridized carbons (Fsp3) is 0.261. The summed E-state index contributed by atoms with van der Waals surface area (Å²) in [6.07, 6.45) is 0.728. The normalized spacial score (nSPS) is 22.8. The predicted molar refractivity (Wildman–Crippen MR) is 105 cm³/mol. The third-order valence-corrected chi connectivity index (χ3v) is 5.97. The van der Waals surface area contributed by atoms with Gasteiger partial charge in [-0.2, -0.15) is 9.65 Å². The number of hydrogen-bond acceptors (Lipinski definition) is 4. The van der Waals surface area contributed by atoms with Crippen LogP contribution in [-0.2, 0) is 9.59 Å². The van der Waals surface area contributed by atoms with E-state index >= 15 is 0 Å². The third-order valence-electron chi connectivity index (χ3n) is 5.97. The van der Waals surface area contributed by atoms with Crippen LogP contribution in [0.15, 0.2) is 60.4 Å². The number of carboxylic acids is 2. The Hall–Kier alpha value is -3.73. The van der Waals surface area contributed by atoms with Crippen molar-refractivity contribution < 1.29 is 33.3 Å². The van der Waals surface area contributed by atoms with Crippen LogP contribution in [0, 0.1) is 33.9 Å². The number of carbonyl (C=O) groups is 2. The van der Waals surface area contributed by atoms with Crippen LogP contribution in [0.5, 0.6) is 11.5 Å². The molecule has 2 N–H and O–H groups in total. The maximum Gasteiger partial charge on any atom is 0.364 e. The summed E-state index contributed by atoms with van der Waals surface area (Å²) < 4.78 is 33.7. The first-order chi connectivity index (χ1) is 14.6. The molecule has 0 bridgehead atoms. The second-order valence-electron chi connectivity index (χ2n) is 7.86. The molecule has 0 saturated heterocycles. The largest absolute Gasteiger partial charge is 0.481 e. The van der Waals surface area contributed by atoms with E-state index in [1.54, 1.807) is 30.3 Å². The lowest BCUT2D eigenvalue weighted by atomic mass is 9.78. The van der Waals surface area contributed by atoms with Crippen molar-refractivity contribution in [1.82, 2.24) is 0 Å². The first kappa shape index (κ1) is 22.0. The van der Waals surface area contributed by atoms with E-state index < -0.39 is 46.2 Å². The van der Waals surface area contributed by atoms with E-state index in [0.29, 0.717) is 5.75 Å². The van der Waals surface area contributed by atoms with Gasteiger partial charge in [0.1, 0.15) is 11.2 Å². The van der Waals surface area contributed by atoms with Crippen LogP contribution >= 0.6 is 0 Å². The lowest BCUT2D eigenvalue weighted by Crippen LogP contribution is -2.29. The molecule has 1 saturated carbocycles. The van der Waals surface area contributed by atoms with E-state index in [9.17, 15) is 28.7 Å². The van der Waals surface area contributed by atoms with Crippen molar-refractivity contribution in [3.8, 4) is 17.6 Å². The van der Waals surface area contributed by atoms with Gasteiger partial charge in [-0.3, -0.25) is 4.79 Å². The minimum atomic E-state index is -1.82. The standard InChI is InChI=1S/C23H19F2NO5/c1-22(2)19(11-17(25)20(27)28)23(22,21(29)30)15(12-26)13-8-9-16(24)18(10-13)31-14-6-4-3-5-7-14/h3-11,15,19H,1-2H3,(H,27,28)(H,29,30)/t15?,19-,23+/m0/s1. The molecule has 8 heteroatoms. The molecule has 1 aliphatic carbocycles. The number of rotatable bonds is 7. The van der Waals surface area contributed by atoms with Crippen LogP contribution in [0.3, 0.4) is 0 Å². The molecule has 0 aliphatic heterocycles. The van der Waals surface area contributed by atoms with Gasteiger partial charge in [0.05, 0.1) is 12.0 Å². The highest BCUT2D eigenvalue weighted by atomic mass is 19.1. The van der Waals surface area contributed by atoms with Crippen LogP contribution in [-0.4, -0.2) is 22.2 Å². The van der Waals surface area contributed by atoms with Gasteiger partial charge in [-0.25, -0.2) is 9.18 Å². The second kappa shape index (κ2) is 7.84. The van der Waals surface area contributed by atoms with Gasteiger partial charge in [0, 0.05) is 5.92 Å². The highest BCUT2D eigenvalue weighted by Gasteiger charge is 2.78. The minimum Gasteiger partial charge on any atom is -0.481 e. The van der Waals surface area contributed by atoms with Crippen molar-refractivity contribution in [1.29, 1.82) is 5.26 Å². The molecule has 0 heterocycles. The molecule has 31 heavy (non-hydrogen) atoms. The molecular formula is C23H19F2NO5. The number of ether oxygens (including phenoxy) is 1. The number of carboxylic acid groups (broad SMARTS) is 2. The van der Waals surface area contributed by atoms with Gasteiger partial charge in [0.2, 0.25) is 5.83 Å². The Balaban J connectivity index is 2.07. The zero-order valence-corrected chi connectivity index (χ0v) is 16.7. The van der Waals surface area contributed by atoms with Gasteiger partial charge in [-0.15, -0.1) is 0 Å². The van der Waals surface area contributed by atoms with Gasteiger partial charge in [-0.1, -0.05) is 38.1 Å². The number of nitrogens with zero attached hydrogens (tertiary/aromatic N) is 1. The van der Waals surface area contributed by atoms with Crippen molar-refractivity contribution >= 4 is 11.9 Å². The highest BCUT2D eigenvalue weighted by Crippen LogP contribution is 2.75. The maximum absolute atomic E-state index is 14.3. The molecule has 160 valence electrons. The number of allylic oxidation sites excluding steroid dienone is 1. The van der Waals surface area contributed by atoms with Gasteiger partial charge in [0.15, 0.2) is 11.6 Å². The lowest BCUT2D eigenvalue weighted by Gasteiger charge is -2.22. The Morgan fingerprint density at radius 3 is 2.39 bits per heavy atom. The van der Waals surface area contributed by atoms with Crippen LogP contribution < -0.4 is 4.74 Å². The number of para-hydroxylation sites is 1. The second-order valence-corrected chi connectivity index (χ2v) is 7.86. The number of nitriles is 1. The number of benzene rings is 2. The van der Waals surface area contributed by atoms with E-state index in [-0.39, 0.29) is 11.3 Å². The number of hydrogen-bond donors (Lipinski definition) is 2. The van der Waals surface area contributed by atoms with Crippen molar-refractivity contribution in [3.63, 3.8) is 0 Å². The molecule has 1 fully saturated rings. The van der Waals surface area contributed by atoms with Crippen molar-refractivity contribution in [2.75, 3.05) is 0 Å². The smallest absolute Gasteiger partial charge is 0.364 e. The lowest BCUT2D eigenvalue weighted by molar-refractivity contribution is -0.145. The van der Waals surface area contributed by atoms with Crippen LogP contribution in [0.4, 0.5) is 8.78 Å². The molecule has 6 nitrogen and oxygen atoms in total. The van der Waals surface area contributed by atoms with Crippen LogP contribution in [0.1, 0.15) is 25.3 Å². The molecule has 1 unspecified atom stereocenters. The molecule has 0 aromatic heterocycles. The minimum absolute atomic E-state index is 0.164. The van der Waals surface area contributed by atoms with Gasteiger partial charge >= 0.3 is 11.9 Å².